The van der Waals surface area contributed by atoms with Gasteiger partial charge in [0.25, 0.3) is 0 Å². The van der Waals surface area contributed by atoms with Crippen LogP contribution in [0.5, 0.6) is 0 Å². The fourth-order valence-electron chi connectivity index (χ4n) is 3.15. The number of hydrogen-bond donors (Lipinski definition) is 1. The summed E-state index contributed by atoms with van der Waals surface area (Å²) in [4.78, 5) is 12.1. The molecule has 1 amide bonds. The Hall–Kier alpha value is -2.65. The molecule has 30 heavy (non-hydrogen) atoms. The number of nitrogens with zero attached hydrogens (tertiary/aromatic N) is 1. The van der Waals surface area contributed by atoms with E-state index in [-0.39, 0.29) is 4.90 Å². The monoisotopic (exact) mass is 438 g/mol. The molecule has 1 saturated heterocycles. The highest BCUT2D eigenvalue weighted by atomic mass is 32.2. The van der Waals surface area contributed by atoms with E-state index in [1.54, 1.807) is 12.1 Å². The van der Waals surface area contributed by atoms with Crippen LogP contribution in [0.2, 0.25) is 0 Å². The van der Waals surface area contributed by atoms with Gasteiger partial charge < -0.3 is 5.32 Å². The second-order valence-electron chi connectivity index (χ2n) is 6.96. The van der Waals surface area contributed by atoms with Crippen molar-refractivity contribution in [1.29, 1.82) is 0 Å². The van der Waals surface area contributed by atoms with E-state index in [4.69, 9.17) is 0 Å². The van der Waals surface area contributed by atoms with Gasteiger partial charge >= 0.3 is 0 Å². The predicted molar refractivity (Wildman–Crippen MR) is 108 cm³/mol. The average molecular weight is 438 g/mol. The Kier molecular flexibility index (Phi) is 6.94. The minimum absolute atomic E-state index is 0.176. The first-order valence-corrected chi connectivity index (χ1v) is 11.0. The summed E-state index contributed by atoms with van der Waals surface area (Å²) in [5.41, 5.74) is 0.0631. The second kappa shape index (κ2) is 9.44. The molecule has 2 aromatic rings. The molecule has 160 valence electrons. The molecule has 1 heterocycles. The van der Waals surface area contributed by atoms with Crippen molar-refractivity contribution in [3.63, 3.8) is 0 Å². The summed E-state index contributed by atoms with van der Waals surface area (Å²) in [6, 6.07) is 6.93. The van der Waals surface area contributed by atoms with Crippen LogP contribution in [0.1, 0.15) is 31.2 Å². The third kappa shape index (κ3) is 5.28. The molecular formula is C21H21F3N2O3S. The molecule has 1 aliphatic heterocycles. The fourth-order valence-corrected chi connectivity index (χ4v) is 4.66. The van der Waals surface area contributed by atoms with Crippen molar-refractivity contribution in [3.05, 3.63) is 65.5 Å². The molecule has 0 saturated carbocycles. The number of anilines is 1. The van der Waals surface area contributed by atoms with Gasteiger partial charge in [-0.1, -0.05) is 25.0 Å². The molecule has 0 atom stereocenters. The van der Waals surface area contributed by atoms with E-state index >= 15 is 0 Å². The molecule has 9 heteroatoms. The number of carbonyl (C=O) groups excluding carboxylic acids is 1. The van der Waals surface area contributed by atoms with Crippen LogP contribution >= 0.6 is 0 Å². The maximum Gasteiger partial charge on any atom is 0.248 e. The molecular weight excluding hydrogens is 417 g/mol. The quantitative estimate of drug-likeness (QED) is 0.559. The van der Waals surface area contributed by atoms with Gasteiger partial charge in [0.1, 0.15) is 5.82 Å². The van der Waals surface area contributed by atoms with Gasteiger partial charge in [0, 0.05) is 31.3 Å². The van der Waals surface area contributed by atoms with Crippen LogP contribution in [-0.4, -0.2) is 31.7 Å². The fraction of sp³-hybridized carbons (Fsp3) is 0.286. The molecule has 1 N–H and O–H groups in total. The number of rotatable bonds is 5. The highest BCUT2D eigenvalue weighted by Crippen LogP contribution is 2.21. The first kappa shape index (κ1) is 22.0. The van der Waals surface area contributed by atoms with Crippen LogP contribution in [0.25, 0.3) is 6.08 Å². The lowest BCUT2D eigenvalue weighted by Gasteiger charge is -2.19. The lowest BCUT2D eigenvalue weighted by atomic mass is 10.2. The van der Waals surface area contributed by atoms with Crippen LogP contribution in [0, 0.1) is 17.5 Å². The minimum atomic E-state index is -3.56. The smallest absolute Gasteiger partial charge is 0.248 e. The summed E-state index contributed by atoms with van der Waals surface area (Å²) in [7, 11) is -3.56. The van der Waals surface area contributed by atoms with Gasteiger partial charge in [-0.2, -0.15) is 4.31 Å². The van der Waals surface area contributed by atoms with Crippen molar-refractivity contribution in [1.82, 2.24) is 4.31 Å². The number of amides is 1. The number of hydrogen-bond acceptors (Lipinski definition) is 3. The normalized spacial score (nSPS) is 15.8. The summed E-state index contributed by atoms with van der Waals surface area (Å²) in [5.74, 6) is -4.48. The molecule has 2 aromatic carbocycles. The highest BCUT2D eigenvalue weighted by Gasteiger charge is 2.24. The first-order chi connectivity index (χ1) is 14.3. The maximum absolute atomic E-state index is 13.6. The summed E-state index contributed by atoms with van der Waals surface area (Å²) < 4.78 is 66.7. The third-order valence-corrected chi connectivity index (χ3v) is 6.69. The SMILES string of the molecule is O=C(/C=C/c1ccc(S(=O)(=O)N2CCCCCC2)cc1)Nc1cc(F)c(F)cc1F. The predicted octanol–water partition coefficient (Wildman–Crippen LogP) is 4.32. The zero-order valence-corrected chi connectivity index (χ0v) is 16.9. The van der Waals surface area contributed by atoms with Crippen LogP contribution in [0.4, 0.5) is 18.9 Å². The zero-order valence-electron chi connectivity index (χ0n) is 16.1. The summed E-state index contributed by atoms with van der Waals surface area (Å²) >= 11 is 0. The molecule has 0 radical (unpaired) electrons. The van der Waals surface area contributed by atoms with Gasteiger partial charge in [-0.25, -0.2) is 21.6 Å². The molecule has 3 rings (SSSR count). The van der Waals surface area contributed by atoms with E-state index in [2.05, 4.69) is 5.32 Å². The van der Waals surface area contributed by atoms with Crippen molar-refractivity contribution in [2.24, 2.45) is 0 Å². The van der Waals surface area contributed by atoms with Crippen LogP contribution in [0.3, 0.4) is 0 Å². The van der Waals surface area contributed by atoms with Crippen molar-refractivity contribution in [2.75, 3.05) is 18.4 Å². The van der Waals surface area contributed by atoms with E-state index < -0.39 is 39.1 Å². The molecule has 1 aliphatic rings. The van der Waals surface area contributed by atoms with E-state index in [1.165, 1.54) is 22.5 Å². The molecule has 0 unspecified atom stereocenters. The number of nitrogens with one attached hydrogen (secondary N) is 1. The van der Waals surface area contributed by atoms with Crippen molar-refractivity contribution < 1.29 is 26.4 Å². The Bertz CT molecular complexity index is 1050. The Labute approximate surface area is 173 Å². The van der Waals surface area contributed by atoms with Gasteiger partial charge in [0.2, 0.25) is 15.9 Å². The van der Waals surface area contributed by atoms with Crippen LogP contribution in [-0.2, 0) is 14.8 Å². The largest absolute Gasteiger partial charge is 0.320 e. The molecule has 5 nitrogen and oxygen atoms in total. The molecule has 1 fully saturated rings. The van der Waals surface area contributed by atoms with Crippen LogP contribution in [0.15, 0.2) is 47.4 Å². The number of halogens is 3. The Balaban J connectivity index is 1.67. The lowest BCUT2D eigenvalue weighted by molar-refractivity contribution is -0.111. The zero-order chi connectivity index (χ0) is 21.7. The summed E-state index contributed by atoms with van der Waals surface area (Å²) in [6.45, 7) is 1.01. The highest BCUT2D eigenvalue weighted by molar-refractivity contribution is 7.89. The molecule has 0 spiro atoms. The first-order valence-electron chi connectivity index (χ1n) is 9.51. The topological polar surface area (TPSA) is 66.5 Å². The average Bonchev–Trinajstić information content (AvgIpc) is 3.01. The van der Waals surface area contributed by atoms with Crippen molar-refractivity contribution in [2.45, 2.75) is 30.6 Å². The number of carbonyl (C=O) groups is 1. The van der Waals surface area contributed by atoms with E-state index in [1.807, 2.05) is 0 Å². The van der Waals surface area contributed by atoms with Gasteiger partial charge in [-0.15, -0.1) is 0 Å². The number of sulfonamides is 1. The minimum Gasteiger partial charge on any atom is -0.320 e. The lowest BCUT2D eigenvalue weighted by Crippen LogP contribution is -2.31. The Morgan fingerprint density at radius 2 is 1.50 bits per heavy atom. The molecule has 0 aliphatic carbocycles. The number of benzene rings is 2. The Morgan fingerprint density at radius 3 is 2.13 bits per heavy atom. The van der Waals surface area contributed by atoms with Crippen LogP contribution < -0.4 is 5.32 Å². The van der Waals surface area contributed by atoms with E-state index in [9.17, 15) is 26.4 Å². The van der Waals surface area contributed by atoms with Gasteiger partial charge in [0.15, 0.2) is 11.6 Å². The van der Waals surface area contributed by atoms with E-state index in [0.29, 0.717) is 30.8 Å². The Morgan fingerprint density at radius 1 is 0.900 bits per heavy atom. The van der Waals surface area contributed by atoms with Gasteiger partial charge in [0.05, 0.1) is 10.6 Å². The second-order valence-corrected chi connectivity index (χ2v) is 8.89. The summed E-state index contributed by atoms with van der Waals surface area (Å²) in [6.07, 6.45) is 6.20. The summed E-state index contributed by atoms with van der Waals surface area (Å²) in [5, 5.41) is 2.12. The van der Waals surface area contributed by atoms with Crippen molar-refractivity contribution >= 4 is 27.7 Å². The molecule has 0 aromatic heterocycles. The molecule has 0 bridgehead atoms. The van der Waals surface area contributed by atoms with Gasteiger partial charge in [-0.05, 0) is 36.6 Å². The van der Waals surface area contributed by atoms with Crippen molar-refractivity contribution in [3.8, 4) is 0 Å². The van der Waals surface area contributed by atoms with E-state index in [0.717, 1.165) is 31.8 Å². The maximum atomic E-state index is 13.6. The third-order valence-electron chi connectivity index (χ3n) is 4.78. The standard InChI is InChI=1S/C21H21F3N2O3S/c22-17-13-19(24)20(14-18(17)23)25-21(27)10-7-15-5-8-16(9-6-15)30(28,29)26-11-3-1-2-4-12-26/h5-10,13-14H,1-4,11-12H2,(H,25,27)/b10-7+. The van der Waals surface area contributed by atoms with Gasteiger partial charge in [-0.3, -0.25) is 4.79 Å².